The SMILES string of the molecule is CCCSc1nc(NCC(C)C)c2cnn(CCNC(=O)/C=C\c3ccc4c(c3)OCO4)c2n1. The highest BCUT2D eigenvalue weighted by atomic mass is 32.2. The Kier molecular flexibility index (Phi) is 7.89. The van der Waals surface area contributed by atoms with Gasteiger partial charge in [0, 0.05) is 24.9 Å². The summed E-state index contributed by atoms with van der Waals surface area (Å²) in [6.07, 6.45) is 6.09. The molecular formula is C24H30N6O3S. The minimum absolute atomic E-state index is 0.178. The van der Waals surface area contributed by atoms with Crippen molar-refractivity contribution in [1.29, 1.82) is 0 Å². The maximum Gasteiger partial charge on any atom is 0.244 e. The normalized spacial score (nSPS) is 12.7. The summed E-state index contributed by atoms with van der Waals surface area (Å²) in [5.41, 5.74) is 1.64. The van der Waals surface area contributed by atoms with Crippen LogP contribution in [0.2, 0.25) is 0 Å². The van der Waals surface area contributed by atoms with Gasteiger partial charge in [0.05, 0.1) is 18.1 Å². The van der Waals surface area contributed by atoms with E-state index in [0.717, 1.165) is 52.0 Å². The first kappa shape index (κ1) is 23.9. The van der Waals surface area contributed by atoms with Crippen molar-refractivity contribution in [1.82, 2.24) is 25.1 Å². The number of hydrogen-bond donors (Lipinski definition) is 2. The fourth-order valence-corrected chi connectivity index (χ4v) is 4.02. The maximum atomic E-state index is 12.3. The predicted molar refractivity (Wildman–Crippen MR) is 134 cm³/mol. The zero-order chi connectivity index (χ0) is 23.9. The van der Waals surface area contributed by atoms with Gasteiger partial charge in [-0.2, -0.15) is 5.10 Å². The lowest BCUT2D eigenvalue weighted by Crippen LogP contribution is -2.25. The number of amides is 1. The van der Waals surface area contributed by atoms with Gasteiger partial charge in [-0.3, -0.25) is 4.79 Å². The van der Waals surface area contributed by atoms with E-state index in [4.69, 9.17) is 19.4 Å². The largest absolute Gasteiger partial charge is 0.454 e. The molecule has 0 unspecified atom stereocenters. The van der Waals surface area contributed by atoms with Crippen LogP contribution >= 0.6 is 11.8 Å². The average Bonchev–Trinajstić information content (AvgIpc) is 3.46. The molecule has 2 aromatic heterocycles. The third-order valence-electron chi connectivity index (χ3n) is 5.04. The van der Waals surface area contributed by atoms with Gasteiger partial charge in [-0.15, -0.1) is 0 Å². The number of aromatic nitrogens is 4. The number of nitrogens with one attached hydrogen (secondary N) is 2. The molecule has 0 saturated heterocycles. The number of carbonyl (C=O) groups is 1. The molecular weight excluding hydrogens is 452 g/mol. The topological polar surface area (TPSA) is 103 Å². The van der Waals surface area contributed by atoms with Crippen LogP contribution < -0.4 is 20.1 Å². The highest BCUT2D eigenvalue weighted by Gasteiger charge is 2.14. The summed E-state index contributed by atoms with van der Waals surface area (Å²) in [7, 11) is 0. The van der Waals surface area contributed by atoms with Gasteiger partial charge < -0.3 is 20.1 Å². The first-order valence-corrected chi connectivity index (χ1v) is 12.5. The van der Waals surface area contributed by atoms with Gasteiger partial charge >= 0.3 is 0 Å². The van der Waals surface area contributed by atoms with Crippen molar-refractivity contribution in [3.63, 3.8) is 0 Å². The van der Waals surface area contributed by atoms with Crippen LogP contribution in [-0.2, 0) is 11.3 Å². The standard InChI is InChI=1S/C24H30N6O3S/c1-4-11-34-24-28-22(26-13-16(2)3)18-14-27-30(23(18)29-24)10-9-25-21(31)8-6-17-5-7-19-20(12-17)33-15-32-19/h5-8,12,14,16H,4,9-11,13,15H2,1-3H3,(H,25,31)(H,26,28,29)/b8-6-. The molecule has 1 aliphatic heterocycles. The molecule has 9 nitrogen and oxygen atoms in total. The highest BCUT2D eigenvalue weighted by Crippen LogP contribution is 2.32. The third kappa shape index (κ3) is 5.99. The smallest absolute Gasteiger partial charge is 0.244 e. The molecule has 0 radical (unpaired) electrons. The second-order valence-electron chi connectivity index (χ2n) is 8.32. The lowest BCUT2D eigenvalue weighted by atomic mass is 10.2. The minimum atomic E-state index is -0.178. The molecule has 1 aromatic carbocycles. The van der Waals surface area contributed by atoms with Gasteiger partial charge in [-0.1, -0.05) is 38.6 Å². The average molecular weight is 483 g/mol. The van der Waals surface area contributed by atoms with Gasteiger partial charge in [0.2, 0.25) is 12.7 Å². The molecule has 0 spiro atoms. The first-order valence-electron chi connectivity index (χ1n) is 11.5. The van der Waals surface area contributed by atoms with Crippen molar-refractivity contribution in [2.45, 2.75) is 38.9 Å². The van der Waals surface area contributed by atoms with E-state index in [0.29, 0.717) is 24.8 Å². The number of anilines is 1. The third-order valence-corrected chi connectivity index (χ3v) is 6.09. The van der Waals surface area contributed by atoms with Crippen LogP contribution in [-0.4, -0.2) is 51.3 Å². The van der Waals surface area contributed by atoms with Crippen LogP contribution in [0.1, 0.15) is 32.8 Å². The second-order valence-corrected chi connectivity index (χ2v) is 9.38. The molecule has 1 aliphatic rings. The lowest BCUT2D eigenvalue weighted by Gasteiger charge is -2.11. The van der Waals surface area contributed by atoms with E-state index in [1.165, 1.54) is 6.08 Å². The lowest BCUT2D eigenvalue weighted by molar-refractivity contribution is -0.116. The number of benzene rings is 1. The summed E-state index contributed by atoms with van der Waals surface area (Å²) in [5, 5.41) is 12.4. The molecule has 3 heterocycles. The van der Waals surface area contributed by atoms with Crippen molar-refractivity contribution < 1.29 is 14.3 Å². The van der Waals surface area contributed by atoms with Crippen LogP contribution in [0, 0.1) is 5.92 Å². The van der Waals surface area contributed by atoms with Crippen LogP contribution in [0.4, 0.5) is 5.82 Å². The summed E-state index contributed by atoms with van der Waals surface area (Å²) >= 11 is 1.64. The van der Waals surface area contributed by atoms with Gasteiger partial charge in [-0.05, 0) is 36.1 Å². The molecule has 0 aliphatic carbocycles. The summed E-state index contributed by atoms with van der Waals surface area (Å²) < 4.78 is 12.5. The minimum Gasteiger partial charge on any atom is -0.454 e. The van der Waals surface area contributed by atoms with Gasteiger partial charge in [0.1, 0.15) is 5.82 Å². The highest BCUT2D eigenvalue weighted by molar-refractivity contribution is 7.99. The van der Waals surface area contributed by atoms with Crippen molar-refractivity contribution in [3.8, 4) is 11.5 Å². The predicted octanol–water partition coefficient (Wildman–Crippen LogP) is 3.95. The number of thioether (sulfide) groups is 1. The van der Waals surface area contributed by atoms with Crippen molar-refractivity contribution in [2.24, 2.45) is 5.92 Å². The van der Waals surface area contributed by atoms with E-state index in [-0.39, 0.29) is 12.7 Å². The molecule has 180 valence electrons. The zero-order valence-corrected chi connectivity index (χ0v) is 20.5. The van der Waals surface area contributed by atoms with Crippen molar-refractivity contribution in [2.75, 3.05) is 31.0 Å². The van der Waals surface area contributed by atoms with Crippen molar-refractivity contribution in [3.05, 3.63) is 36.0 Å². The van der Waals surface area contributed by atoms with Gasteiger partial charge in [0.25, 0.3) is 0 Å². The maximum absolute atomic E-state index is 12.3. The van der Waals surface area contributed by atoms with E-state index in [2.05, 4.69) is 36.5 Å². The van der Waals surface area contributed by atoms with E-state index in [1.807, 2.05) is 22.9 Å². The number of rotatable bonds is 11. The first-order chi connectivity index (χ1) is 16.5. The molecule has 2 N–H and O–H groups in total. The number of carbonyl (C=O) groups excluding carboxylic acids is 1. The van der Waals surface area contributed by atoms with Gasteiger partial charge in [-0.25, -0.2) is 14.6 Å². The Balaban J connectivity index is 1.39. The molecule has 3 aromatic rings. The Morgan fingerprint density at radius 1 is 1.26 bits per heavy atom. The molecule has 0 bridgehead atoms. The fourth-order valence-electron chi connectivity index (χ4n) is 3.33. The molecule has 0 atom stereocenters. The fraction of sp³-hybridized carbons (Fsp3) is 0.417. The molecule has 0 saturated carbocycles. The molecule has 10 heteroatoms. The number of hydrogen-bond acceptors (Lipinski definition) is 8. The Labute approximate surface area is 203 Å². The Hall–Kier alpha value is -3.27. The summed E-state index contributed by atoms with van der Waals surface area (Å²) in [5.74, 6) is 3.48. The van der Waals surface area contributed by atoms with Crippen molar-refractivity contribution >= 4 is 40.6 Å². The molecule has 1 amide bonds. The van der Waals surface area contributed by atoms with Crippen LogP contribution in [0.15, 0.2) is 35.6 Å². The number of nitrogens with zero attached hydrogens (tertiary/aromatic N) is 4. The van der Waals surface area contributed by atoms with E-state index >= 15 is 0 Å². The van der Waals surface area contributed by atoms with Gasteiger partial charge in [0.15, 0.2) is 22.3 Å². The number of ether oxygens (including phenoxy) is 2. The van der Waals surface area contributed by atoms with E-state index < -0.39 is 0 Å². The molecule has 34 heavy (non-hydrogen) atoms. The molecule has 0 fully saturated rings. The Morgan fingerprint density at radius 2 is 2.12 bits per heavy atom. The molecule has 4 rings (SSSR count). The zero-order valence-electron chi connectivity index (χ0n) is 19.7. The van der Waals surface area contributed by atoms with Crippen LogP contribution in [0.25, 0.3) is 17.1 Å². The summed E-state index contributed by atoms with van der Waals surface area (Å²) in [4.78, 5) is 21.7. The Morgan fingerprint density at radius 3 is 2.94 bits per heavy atom. The monoisotopic (exact) mass is 482 g/mol. The summed E-state index contributed by atoms with van der Waals surface area (Å²) in [6.45, 7) is 8.43. The summed E-state index contributed by atoms with van der Waals surface area (Å²) in [6, 6.07) is 5.56. The second kappa shape index (κ2) is 11.2. The van der Waals surface area contributed by atoms with E-state index in [9.17, 15) is 4.79 Å². The van der Waals surface area contributed by atoms with E-state index in [1.54, 1.807) is 24.0 Å². The van der Waals surface area contributed by atoms with Crippen LogP contribution in [0.3, 0.4) is 0 Å². The van der Waals surface area contributed by atoms with Crippen LogP contribution in [0.5, 0.6) is 11.5 Å². The Bertz CT molecular complexity index is 1180. The quantitative estimate of drug-likeness (QED) is 0.241. The number of fused-ring (bicyclic) bond motifs is 2.